The molecule has 1 aliphatic rings. The highest BCUT2D eigenvalue weighted by Crippen LogP contribution is 2.53. The molecule has 1 fully saturated rings. The van der Waals surface area contributed by atoms with Crippen molar-refractivity contribution in [2.24, 2.45) is 5.92 Å². The van der Waals surface area contributed by atoms with Crippen LogP contribution in [-0.4, -0.2) is 47.7 Å². The third-order valence-corrected chi connectivity index (χ3v) is 6.64. The van der Waals surface area contributed by atoms with Gasteiger partial charge in [0.1, 0.15) is 0 Å². The lowest BCUT2D eigenvalue weighted by atomic mass is 9.95. The second-order valence-electron chi connectivity index (χ2n) is 8.51. The van der Waals surface area contributed by atoms with Crippen molar-refractivity contribution < 1.29 is 4.79 Å². The van der Waals surface area contributed by atoms with Crippen molar-refractivity contribution in [3.05, 3.63) is 64.8 Å². The van der Waals surface area contributed by atoms with Gasteiger partial charge in [-0.05, 0) is 50.2 Å². The number of amides is 1. The summed E-state index contributed by atoms with van der Waals surface area (Å²) in [6, 6.07) is 14.5. The van der Waals surface area contributed by atoms with Crippen LogP contribution in [0.5, 0.6) is 0 Å². The molecule has 2 aromatic carbocycles. The molecule has 0 aliphatic heterocycles. The average molecular weight is 411 g/mol. The van der Waals surface area contributed by atoms with Crippen LogP contribution in [0.25, 0.3) is 10.9 Å². The lowest BCUT2D eigenvalue weighted by molar-refractivity contribution is -0.122. The van der Waals surface area contributed by atoms with Crippen LogP contribution in [0.2, 0.25) is 5.02 Å². The van der Waals surface area contributed by atoms with Crippen molar-refractivity contribution in [2.45, 2.75) is 31.2 Å². The first kappa shape index (κ1) is 19.9. The van der Waals surface area contributed by atoms with Crippen LogP contribution in [-0.2, 0) is 16.6 Å². The minimum absolute atomic E-state index is 0.0404. The van der Waals surface area contributed by atoms with E-state index in [0.717, 1.165) is 34.3 Å². The van der Waals surface area contributed by atoms with Gasteiger partial charge in [0, 0.05) is 34.3 Å². The molecule has 4 rings (SSSR count). The Kier molecular flexibility index (Phi) is 5.36. The third kappa shape index (κ3) is 4.02. The molecule has 0 radical (unpaired) electrons. The van der Waals surface area contributed by atoms with Gasteiger partial charge in [0.05, 0.1) is 11.7 Å². The Morgan fingerprint density at radius 2 is 2.10 bits per heavy atom. The van der Waals surface area contributed by atoms with Crippen molar-refractivity contribution in [3.8, 4) is 0 Å². The molecule has 29 heavy (non-hydrogen) atoms. The largest absolute Gasteiger partial charge is 0.354 e. The number of carbonyl (C=O) groups is 1. The molecular weight excluding hydrogens is 384 g/mol. The smallest absolute Gasteiger partial charge is 0.224 e. The van der Waals surface area contributed by atoms with Crippen LogP contribution in [0.3, 0.4) is 0 Å². The Morgan fingerprint density at radius 3 is 2.83 bits per heavy atom. The van der Waals surface area contributed by atoms with E-state index in [9.17, 15) is 4.79 Å². The zero-order chi connectivity index (χ0) is 20.6. The molecule has 6 heteroatoms. The summed E-state index contributed by atoms with van der Waals surface area (Å²) in [5.41, 5.74) is 3.19. The number of rotatable bonds is 7. The van der Waals surface area contributed by atoms with Gasteiger partial charge >= 0.3 is 0 Å². The summed E-state index contributed by atoms with van der Waals surface area (Å²) in [7, 11) is 4.07. The van der Waals surface area contributed by atoms with Crippen molar-refractivity contribution in [3.63, 3.8) is 0 Å². The van der Waals surface area contributed by atoms with Gasteiger partial charge in [-0.25, -0.2) is 0 Å². The highest BCUT2D eigenvalue weighted by Gasteiger charge is 2.55. The minimum Gasteiger partial charge on any atom is -0.354 e. The van der Waals surface area contributed by atoms with Gasteiger partial charge in [-0.1, -0.05) is 48.9 Å². The van der Waals surface area contributed by atoms with E-state index in [-0.39, 0.29) is 23.3 Å². The highest BCUT2D eigenvalue weighted by atomic mass is 35.5. The fourth-order valence-corrected chi connectivity index (χ4v) is 4.33. The van der Waals surface area contributed by atoms with E-state index in [1.165, 1.54) is 5.56 Å². The molecule has 1 amide bonds. The standard InChI is InChI=1S/C23H27ClN4O/c1-23(17-7-5-4-6-8-17)12-19(23)22(29)25-14-18(28(2)3)10-15-9-16-13-26-27-21(16)11-20(15)24/h4-9,11,13,18-19H,10,12,14H2,1-3H3,(H,25,29)(H,26,27)/t18-,19-,23-/m0/s1. The molecule has 0 unspecified atom stereocenters. The molecular formula is C23H27ClN4O. The molecule has 0 saturated heterocycles. The van der Waals surface area contributed by atoms with Gasteiger partial charge < -0.3 is 10.2 Å². The Bertz CT molecular complexity index is 1020. The first-order valence-electron chi connectivity index (χ1n) is 9.99. The highest BCUT2D eigenvalue weighted by molar-refractivity contribution is 6.32. The Balaban J connectivity index is 1.40. The Morgan fingerprint density at radius 1 is 1.34 bits per heavy atom. The first-order chi connectivity index (χ1) is 13.9. The minimum atomic E-state index is -0.0470. The molecule has 1 heterocycles. The number of aromatic amines is 1. The molecule has 1 saturated carbocycles. The maximum Gasteiger partial charge on any atom is 0.224 e. The SMILES string of the molecule is CN(C)[C@H](CNC(=O)[C@@H]1C[C@@]1(C)c1ccccc1)Cc1cc2cn[nH]c2cc1Cl. The molecule has 3 atom stereocenters. The summed E-state index contributed by atoms with van der Waals surface area (Å²) < 4.78 is 0. The van der Waals surface area contributed by atoms with Crippen LogP contribution in [0, 0.1) is 5.92 Å². The second kappa shape index (κ2) is 7.81. The van der Waals surface area contributed by atoms with Gasteiger partial charge in [0.2, 0.25) is 5.91 Å². The number of hydrogen-bond acceptors (Lipinski definition) is 3. The van der Waals surface area contributed by atoms with Crippen LogP contribution in [0.15, 0.2) is 48.7 Å². The number of nitrogens with one attached hydrogen (secondary N) is 2. The summed E-state index contributed by atoms with van der Waals surface area (Å²) in [5, 5.41) is 12.0. The second-order valence-corrected chi connectivity index (χ2v) is 8.91. The number of nitrogens with zero attached hydrogens (tertiary/aromatic N) is 2. The number of likely N-dealkylation sites (N-methyl/N-ethyl adjacent to an activating group) is 1. The van der Waals surface area contributed by atoms with E-state index in [4.69, 9.17) is 11.6 Å². The Hall–Kier alpha value is -2.37. The topological polar surface area (TPSA) is 61.0 Å². The average Bonchev–Trinajstić information content (AvgIpc) is 3.21. The molecule has 0 spiro atoms. The van der Waals surface area contributed by atoms with Crippen LogP contribution in [0.4, 0.5) is 0 Å². The molecule has 1 aliphatic carbocycles. The van der Waals surface area contributed by atoms with E-state index < -0.39 is 0 Å². The van der Waals surface area contributed by atoms with Gasteiger partial charge in [0.15, 0.2) is 0 Å². The van der Waals surface area contributed by atoms with E-state index >= 15 is 0 Å². The molecule has 152 valence electrons. The number of aromatic nitrogens is 2. The number of carbonyl (C=O) groups excluding carboxylic acids is 1. The monoisotopic (exact) mass is 410 g/mol. The number of halogens is 1. The molecule has 3 aromatic rings. The van der Waals surface area contributed by atoms with Crippen LogP contribution < -0.4 is 5.32 Å². The summed E-state index contributed by atoms with van der Waals surface area (Å²) in [6.07, 6.45) is 3.46. The van der Waals surface area contributed by atoms with Gasteiger partial charge in [-0.3, -0.25) is 9.89 Å². The van der Waals surface area contributed by atoms with E-state index in [0.29, 0.717) is 6.54 Å². The fraction of sp³-hybridized carbons (Fsp3) is 0.391. The normalized spacial score (nSPS) is 22.0. The fourth-order valence-electron chi connectivity index (χ4n) is 4.09. The zero-order valence-corrected chi connectivity index (χ0v) is 17.8. The van der Waals surface area contributed by atoms with E-state index in [1.54, 1.807) is 6.20 Å². The van der Waals surface area contributed by atoms with Crippen LogP contribution in [0.1, 0.15) is 24.5 Å². The van der Waals surface area contributed by atoms with Crippen molar-refractivity contribution in [2.75, 3.05) is 20.6 Å². The van der Waals surface area contributed by atoms with Gasteiger partial charge in [-0.15, -0.1) is 0 Å². The van der Waals surface area contributed by atoms with E-state index in [2.05, 4.69) is 45.5 Å². The van der Waals surface area contributed by atoms with Crippen molar-refractivity contribution in [1.29, 1.82) is 0 Å². The summed E-state index contributed by atoms with van der Waals surface area (Å²) in [6.45, 7) is 2.77. The third-order valence-electron chi connectivity index (χ3n) is 6.29. The number of benzene rings is 2. The summed E-state index contributed by atoms with van der Waals surface area (Å²) >= 11 is 6.48. The predicted molar refractivity (Wildman–Crippen MR) is 117 cm³/mol. The molecule has 2 N–H and O–H groups in total. The van der Waals surface area contributed by atoms with Gasteiger partial charge in [-0.2, -0.15) is 5.10 Å². The predicted octanol–water partition coefficient (Wildman–Crippen LogP) is 3.78. The van der Waals surface area contributed by atoms with Gasteiger partial charge in [0.25, 0.3) is 0 Å². The maximum atomic E-state index is 12.8. The lowest BCUT2D eigenvalue weighted by Gasteiger charge is -2.25. The molecule has 1 aromatic heterocycles. The first-order valence-corrected chi connectivity index (χ1v) is 10.4. The van der Waals surface area contributed by atoms with Crippen LogP contribution >= 0.6 is 11.6 Å². The molecule has 0 bridgehead atoms. The number of fused-ring (bicyclic) bond motifs is 1. The zero-order valence-electron chi connectivity index (χ0n) is 17.1. The number of hydrogen-bond donors (Lipinski definition) is 2. The summed E-state index contributed by atoms with van der Waals surface area (Å²) in [4.78, 5) is 15.0. The van der Waals surface area contributed by atoms with E-state index in [1.807, 2.05) is 38.4 Å². The summed E-state index contributed by atoms with van der Waals surface area (Å²) in [5.74, 6) is 0.179. The van der Waals surface area contributed by atoms with Crippen molar-refractivity contribution >= 4 is 28.4 Å². The maximum absolute atomic E-state index is 12.8. The number of H-pyrrole nitrogens is 1. The molecule has 5 nitrogen and oxygen atoms in total. The Labute approximate surface area is 176 Å². The quantitative estimate of drug-likeness (QED) is 0.623. The van der Waals surface area contributed by atoms with Crippen molar-refractivity contribution in [1.82, 2.24) is 20.4 Å². The lowest BCUT2D eigenvalue weighted by Crippen LogP contribution is -2.42.